The van der Waals surface area contributed by atoms with E-state index in [1.54, 1.807) is 19.2 Å². The third kappa shape index (κ3) is 3.69. The molecule has 154 valence electrons. The number of methoxy groups -OCH3 is 1. The molecule has 0 radical (unpaired) electrons. The number of ether oxygens (including phenoxy) is 1. The number of carbonyl (C=O) groups is 1. The third-order valence-electron chi connectivity index (χ3n) is 6.39. The van der Waals surface area contributed by atoms with Gasteiger partial charge in [-0.15, -0.1) is 0 Å². The fourth-order valence-corrected chi connectivity index (χ4v) is 4.93. The van der Waals surface area contributed by atoms with E-state index < -0.39 is 0 Å². The first kappa shape index (κ1) is 19.7. The number of halogens is 1. The Labute approximate surface area is 170 Å². The lowest BCUT2D eigenvalue weighted by Crippen LogP contribution is -2.56. The first-order valence-electron chi connectivity index (χ1n) is 10.1. The number of carbonyl (C=O) groups excluding carboxylic acids is 1. The van der Waals surface area contributed by atoms with Crippen molar-refractivity contribution in [3.63, 3.8) is 0 Å². The van der Waals surface area contributed by atoms with Crippen molar-refractivity contribution in [2.75, 3.05) is 18.6 Å². The highest BCUT2D eigenvalue weighted by Gasteiger charge is 2.49. The van der Waals surface area contributed by atoms with Gasteiger partial charge in [-0.25, -0.2) is 4.39 Å². The predicted octanol–water partition coefficient (Wildman–Crippen LogP) is 4.09. The van der Waals surface area contributed by atoms with Crippen molar-refractivity contribution >= 4 is 11.6 Å². The normalized spacial score (nSPS) is 25.0. The van der Waals surface area contributed by atoms with E-state index in [1.165, 1.54) is 12.1 Å². The zero-order valence-electron chi connectivity index (χ0n) is 16.9. The molecule has 2 aliphatic rings. The number of hydrogen-bond acceptors (Lipinski definition) is 4. The first-order chi connectivity index (χ1) is 13.9. The second-order valence-corrected chi connectivity index (χ2v) is 8.21. The van der Waals surface area contributed by atoms with Crippen molar-refractivity contribution in [3.8, 4) is 11.5 Å². The van der Waals surface area contributed by atoms with Crippen LogP contribution < -0.4 is 9.64 Å². The minimum absolute atomic E-state index is 0.0829. The van der Waals surface area contributed by atoms with E-state index in [-0.39, 0.29) is 29.1 Å². The topological polar surface area (TPSA) is 53.0 Å². The minimum Gasteiger partial charge on any atom is -0.504 e. The number of phenols is 1. The number of phenolic OH excluding ortho intramolecular Hbond substituents is 1. The molecule has 2 aromatic rings. The number of amides is 1. The largest absolute Gasteiger partial charge is 0.504 e. The second-order valence-electron chi connectivity index (χ2n) is 8.21. The van der Waals surface area contributed by atoms with Crippen LogP contribution in [0.1, 0.15) is 38.2 Å². The fourth-order valence-electron chi connectivity index (χ4n) is 4.93. The molecule has 0 saturated carbocycles. The number of benzene rings is 2. The molecular formula is C23H27FN2O3. The summed E-state index contributed by atoms with van der Waals surface area (Å²) in [6, 6.07) is 12.1. The Bertz CT molecular complexity index is 919. The van der Waals surface area contributed by atoms with Crippen LogP contribution in [0.4, 0.5) is 10.1 Å². The maximum atomic E-state index is 13.8. The lowest BCUT2D eigenvalue weighted by atomic mass is 9.81. The van der Waals surface area contributed by atoms with Gasteiger partial charge in [0.25, 0.3) is 0 Å². The Morgan fingerprint density at radius 1 is 1.24 bits per heavy atom. The fraction of sp³-hybridized carbons (Fsp3) is 0.435. The number of nitrogens with zero attached hydrogens (tertiary/aromatic N) is 2. The molecule has 0 aliphatic carbocycles. The summed E-state index contributed by atoms with van der Waals surface area (Å²) in [4.78, 5) is 16.9. The standard InChI is InChI=1S/C23H27FN2O3/c1-16-14-23(9-8-22(28)26(23)19-5-3-4-18(24)13-19)10-11-25(16)15-17-6-7-20(27)21(12-17)29-2/h3-7,12-13,16,27H,8-11,14-15H2,1-2H3. The summed E-state index contributed by atoms with van der Waals surface area (Å²) in [5, 5.41) is 9.81. The lowest BCUT2D eigenvalue weighted by molar-refractivity contribution is -0.117. The number of anilines is 1. The summed E-state index contributed by atoms with van der Waals surface area (Å²) >= 11 is 0. The number of piperidine rings is 1. The molecule has 6 heteroatoms. The van der Waals surface area contributed by atoms with Crippen molar-refractivity contribution in [2.45, 2.75) is 50.7 Å². The van der Waals surface area contributed by atoms with Crippen molar-refractivity contribution in [3.05, 3.63) is 53.8 Å². The van der Waals surface area contributed by atoms with Gasteiger partial charge in [0.1, 0.15) is 5.82 Å². The number of hydrogen-bond donors (Lipinski definition) is 1. The van der Waals surface area contributed by atoms with Gasteiger partial charge in [0.2, 0.25) is 5.91 Å². The maximum absolute atomic E-state index is 13.8. The van der Waals surface area contributed by atoms with Gasteiger partial charge in [0.05, 0.1) is 12.6 Å². The molecule has 1 amide bonds. The Morgan fingerprint density at radius 3 is 2.79 bits per heavy atom. The molecule has 0 bridgehead atoms. The van der Waals surface area contributed by atoms with Crippen LogP contribution in [-0.2, 0) is 11.3 Å². The lowest BCUT2D eigenvalue weighted by Gasteiger charge is -2.48. The minimum atomic E-state index is -0.316. The van der Waals surface area contributed by atoms with Crippen molar-refractivity contribution in [1.29, 1.82) is 0 Å². The number of aromatic hydroxyl groups is 1. The molecule has 2 heterocycles. The van der Waals surface area contributed by atoms with E-state index in [4.69, 9.17) is 4.74 Å². The van der Waals surface area contributed by atoms with Gasteiger partial charge in [-0.3, -0.25) is 9.69 Å². The average molecular weight is 398 g/mol. The molecule has 0 aromatic heterocycles. The van der Waals surface area contributed by atoms with E-state index >= 15 is 0 Å². The molecule has 2 saturated heterocycles. The first-order valence-corrected chi connectivity index (χ1v) is 10.1. The maximum Gasteiger partial charge on any atom is 0.227 e. The van der Waals surface area contributed by atoms with Gasteiger partial charge in [0, 0.05) is 31.2 Å². The average Bonchev–Trinajstić information content (AvgIpc) is 3.01. The van der Waals surface area contributed by atoms with Gasteiger partial charge < -0.3 is 14.7 Å². The molecule has 2 aliphatic heterocycles. The Hall–Kier alpha value is -2.60. The van der Waals surface area contributed by atoms with Crippen LogP contribution in [0.15, 0.2) is 42.5 Å². The molecule has 29 heavy (non-hydrogen) atoms. The Balaban J connectivity index is 1.52. The zero-order valence-corrected chi connectivity index (χ0v) is 16.9. The monoisotopic (exact) mass is 398 g/mol. The smallest absolute Gasteiger partial charge is 0.227 e. The zero-order chi connectivity index (χ0) is 20.6. The van der Waals surface area contributed by atoms with Gasteiger partial charge in [-0.1, -0.05) is 12.1 Å². The molecule has 5 nitrogen and oxygen atoms in total. The van der Waals surface area contributed by atoms with Crippen LogP contribution >= 0.6 is 0 Å². The Morgan fingerprint density at radius 2 is 2.07 bits per heavy atom. The number of rotatable bonds is 4. The highest BCUT2D eigenvalue weighted by atomic mass is 19.1. The van der Waals surface area contributed by atoms with Gasteiger partial charge in [0.15, 0.2) is 11.5 Å². The predicted molar refractivity (Wildman–Crippen MR) is 110 cm³/mol. The van der Waals surface area contributed by atoms with Crippen molar-refractivity contribution in [2.24, 2.45) is 0 Å². The van der Waals surface area contributed by atoms with Crippen LogP contribution in [-0.4, -0.2) is 41.1 Å². The molecular weight excluding hydrogens is 371 g/mol. The van der Waals surface area contributed by atoms with E-state index in [0.29, 0.717) is 17.9 Å². The molecule has 2 unspecified atom stereocenters. The summed E-state index contributed by atoms with van der Waals surface area (Å²) in [5.74, 6) is 0.378. The van der Waals surface area contributed by atoms with E-state index in [2.05, 4.69) is 11.8 Å². The molecule has 2 aromatic carbocycles. The molecule has 2 atom stereocenters. The molecule has 2 fully saturated rings. The van der Waals surface area contributed by atoms with Crippen LogP contribution in [0.25, 0.3) is 0 Å². The van der Waals surface area contributed by atoms with E-state index in [1.807, 2.05) is 23.1 Å². The summed E-state index contributed by atoms with van der Waals surface area (Å²) < 4.78 is 19.0. The third-order valence-corrected chi connectivity index (χ3v) is 6.39. The van der Waals surface area contributed by atoms with Gasteiger partial charge in [-0.2, -0.15) is 0 Å². The summed E-state index contributed by atoms with van der Waals surface area (Å²) in [6.07, 6.45) is 3.03. The Kier molecular flexibility index (Phi) is 5.21. The highest BCUT2D eigenvalue weighted by molar-refractivity contribution is 5.97. The van der Waals surface area contributed by atoms with Crippen LogP contribution in [0.2, 0.25) is 0 Å². The van der Waals surface area contributed by atoms with E-state index in [9.17, 15) is 14.3 Å². The van der Waals surface area contributed by atoms with Crippen LogP contribution in [0.3, 0.4) is 0 Å². The van der Waals surface area contributed by atoms with Crippen LogP contribution in [0.5, 0.6) is 11.5 Å². The van der Waals surface area contributed by atoms with Crippen molar-refractivity contribution in [1.82, 2.24) is 4.90 Å². The SMILES string of the molecule is COc1cc(CN2CCC3(CCC(=O)N3c3cccc(F)c3)CC2C)ccc1O. The number of likely N-dealkylation sites (tertiary alicyclic amines) is 1. The van der Waals surface area contributed by atoms with E-state index in [0.717, 1.165) is 37.9 Å². The summed E-state index contributed by atoms with van der Waals surface area (Å²) in [6.45, 7) is 3.79. The molecule has 1 spiro atoms. The quantitative estimate of drug-likeness (QED) is 0.843. The molecule has 1 N–H and O–H groups in total. The van der Waals surface area contributed by atoms with Crippen molar-refractivity contribution < 1.29 is 19.0 Å². The second kappa shape index (κ2) is 7.67. The van der Waals surface area contributed by atoms with Gasteiger partial charge in [-0.05, 0) is 62.1 Å². The van der Waals surface area contributed by atoms with Crippen LogP contribution in [0, 0.1) is 5.82 Å². The molecule has 4 rings (SSSR count). The summed E-state index contributed by atoms with van der Waals surface area (Å²) in [5.41, 5.74) is 1.50. The van der Waals surface area contributed by atoms with Gasteiger partial charge >= 0.3 is 0 Å². The summed E-state index contributed by atoms with van der Waals surface area (Å²) in [7, 11) is 1.55. The highest BCUT2D eigenvalue weighted by Crippen LogP contribution is 2.44.